The van der Waals surface area contributed by atoms with Gasteiger partial charge in [-0.1, -0.05) is 24.6 Å². The fourth-order valence-corrected chi connectivity index (χ4v) is 3.60. The Labute approximate surface area is 164 Å². The van der Waals surface area contributed by atoms with Gasteiger partial charge in [-0.2, -0.15) is 0 Å². The number of carbonyl (C=O) groups is 1. The minimum Gasteiger partial charge on any atom is -0.493 e. The van der Waals surface area contributed by atoms with Crippen LogP contribution in [0, 0.1) is 0 Å². The molecule has 0 aliphatic rings. The maximum Gasteiger partial charge on any atom is 0.233 e. The number of carbonyl (C=O) groups excluding carboxylic acids is 1. The molecule has 140 valence electrons. The summed E-state index contributed by atoms with van der Waals surface area (Å²) in [5.74, 6) is 1.32. The molecule has 4 nitrogen and oxygen atoms in total. The van der Waals surface area contributed by atoms with Gasteiger partial charge in [0, 0.05) is 9.92 Å². The smallest absolute Gasteiger partial charge is 0.233 e. The van der Waals surface area contributed by atoms with Crippen molar-refractivity contribution in [2.45, 2.75) is 36.5 Å². The summed E-state index contributed by atoms with van der Waals surface area (Å²) in [6.07, 6.45) is 0.734. The van der Waals surface area contributed by atoms with Gasteiger partial charge in [-0.15, -0.1) is 11.8 Å². The second-order valence-corrected chi connectivity index (χ2v) is 7.53. The highest BCUT2D eigenvalue weighted by Gasteiger charge is 2.20. The number of rotatable bonds is 8. The highest BCUT2D eigenvalue weighted by molar-refractivity contribution is 8.00. The number of amides is 1. The van der Waals surface area contributed by atoms with Crippen molar-refractivity contribution in [3.05, 3.63) is 53.1 Å². The Morgan fingerprint density at radius 3 is 2.35 bits per heavy atom. The summed E-state index contributed by atoms with van der Waals surface area (Å²) in [6.45, 7) is 3.97. The quantitative estimate of drug-likeness (QED) is 0.633. The Morgan fingerprint density at radius 2 is 1.77 bits per heavy atom. The summed E-state index contributed by atoms with van der Waals surface area (Å²) in [4.78, 5) is 13.7. The van der Waals surface area contributed by atoms with E-state index in [1.54, 1.807) is 26.0 Å². The van der Waals surface area contributed by atoms with Crippen molar-refractivity contribution >= 4 is 29.3 Å². The van der Waals surface area contributed by atoms with Crippen molar-refractivity contribution in [1.29, 1.82) is 0 Å². The summed E-state index contributed by atoms with van der Waals surface area (Å²) in [5.41, 5.74) is 0.961. The first-order valence-electron chi connectivity index (χ1n) is 8.43. The average molecular weight is 394 g/mol. The van der Waals surface area contributed by atoms with Gasteiger partial charge < -0.3 is 14.8 Å². The van der Waals surface area contributed by atoms with E-state index >= 15 is 0 Å². The first-order valence-corrected chi connectivity index (χ1v) is 9.68. The molecule has 2 aromatic carbocycles. The first-order chi connectivity index (χ1) is 12.5. The zero-order valence-corrected chi connectivity index (χ0v) is 17.0. The van der Waals surface area contributed by atoms with Gasteiger partial charge in [-0.3, -0.25) is 4.79 Å². The maximum absolute atomic E-state index is 12.7. The molecular formula is C20H24ClNO3S. The van der Waals surface area contributed by atoms with E-state index in [-0.39, 0.29) is 17.2 Å². The number of hydrogen-bond donors (Lipinski definition) is 1. The third-order valence-corrected chi connectivity index (χ3v) is 5.65. The number of benzene rings is 2. The molecule has 0 saturated heterocycles. The number of nitrogens with one attached hydrogen (secondary N) is 1. The van der Waals surface area contributed by atoms with Crippen molar-refractivity contribution in [1.82, 2.24) is 5.32 Å². The molecule has 0 spiro atoms. The van der Waals surface area contributed by atoms with Crippen LogP contribution in [-0.2, 0) is 4.79 Å². The lowest BCUT2D eigenvalue weighted by molar-refractivity contribution is -0.121. The van der Waals surface area contributed by atoms with Crippen LogP contribution in [0.3, 0.4) is 0 Å². The molecule has 6 heteroatoms. The topological polar surface area (TPSA) is 47.6 Å². The Kier molecular flexibility index (Phi) is 7.66. The molecule has 2 aromatic rings. The lowest BCUT2D eigenvalue weighted by Crippen LogP contribution is -2.34. The second kappa shape index (κ2) is 9.74. The molecule has 0 aliphatic carbocycles. The molecule has 0 aliphatic heterocycles. The highest BCUT2D eigenvalue weighted by Crippen LogP contribution is 2.31. The van der Waals surface area contributed by atoms with Crippen LogP contribution in [-0.4, -0.2) is 25.4 Å². The molecule has 2 atom stereocenters. The molecular weight excluding hydrogens is 370 g/mol. The van der Waals surface area contributed by atoms with Crippen molar-refractivity contribution < 1.29 is 14.3 Å². The molecule has 26 heavy (non-hydrogen) atoms. The second-order valence-electron chi connectivity index (χ2n) is 5.81. The van der Waals surface area contributed by atoms with Crippen LogP contribution >= 0.6 is 23.4 Å². The van der Waals surface area contributed by atoms with Gasteiger partial charge in [0.15, 0.2) is 11.5 Å². The SMILES string of the molecule is CC[C@H](Sc1ccc(Cl)cc1)C(=O)N[C@H](C)c1ccc(OC)c(OC)c1. The fourth-order valence-electron chi connectivity index (χ4n) is 2.51. The maximum atomic E-state index is 12.7. The van der Waals surface area contributed by atoms with Crippen molar-refractivity contribution in [3.8, 4) is 11.5 Å². The minimum absolute atomic E-state index is 0.00901. The van der Waals surface area contributed by atoms with E-state index in [1.807, 2.05) is 56.3 Å². The van der Waals surface area contributed by atoms with E-state index in [0.717, 1.165) is 16.9 Å². The summed E-state index contributed by atoms with van der Waals surface area (Å²) >= 11 is 7.46. The van der Waals surface area contributed by atoms with Crippen LogP contribution in [0.15, 0.2) is 47.4 Å². The molecule has 0 unspecified atom stereocenters. The first kappa shape index (κ1) is 20.5. The van der Waals surface area contributed by atoms with Crippen molar-refractivity contribution in [3.63, 3.8) is 0 Å². The molecule has 1 amide bonds. The monoisotopic (exact) mass is 393 g/mol. The summed E-state index contributed by atoms with van der Waals surface area (Å²) in [6, 6.07) is 13.1. The summed E-state index contributed by atoms with van der Waals surface area (Å²) in [5, 5.41) is 3.61. The number of methoxy groups -OCH3 is 2. The van der Waals surface area contributed by atoms with E-state index in [2.05, 4.69) is 5.32 Å². The fraction of sp³-hybridized carbons (Fsp3) is 0.350. The standard InChI is InChI=1S/C20H24ClNO3S/c1-5-19(26-16-9-7-15(21)8-10-16)20(23)22-13(2)14-6-11-17(24-3)18(12-14)25-4/h6-13,19H,5H2,1-4H3,(H,22,23)/t13-,19+/m1/s1. The lowest BCUT2D eigenvalue weighted by Gasteiger charge is -2.20. The zero-order valence-electron chi connectivity index (χ0n) is 15.4. The average Bonchev–Trinajstić information content (AvgIpc) is 2.66. The molecule has 0 bridgehead atoms. The summed E-state index contributed by atoms with van der Waals surface area (Å²) < 4.78 is 10.6. The molecule has 0 saturated carbocycles. The van der Waals surface area contributed by atoms with Gasteiger partial charge in [0.2, 0.25) is 5.91 Å². The van der Waals surface area contributed by atoms with Crippen LogP contribution in [0.25, 0.3) is 0 Å². The number of halogens is 1. The molecule has 0 fully saturated rings. The van der Waals surface area contributed by atoms with E-state index in [1.165, 1.54) is 0 Å². The Bertz CT molecular complexity index is 736. The lowest BCUT2D eigenvalue weighted by atomic mass is 10.1. The van der Waals surface area contributed by atoms with Crippen LogP contribution in [0.4, 0.5) is 0 Å². The van der Waals surface area contributed by atoms with Crippen LogP contribution in [0.5, 0.6) is 11.5 Å². The minimum atomic E-state index is -0.168. The number of ether oxygens (including phenoxy) is 2. The molecule has 0 aromatic heterocycles. The Hall–Kier alpha value is -1.85. The van der Waals surface area contributed by atoms with Gasteiger partial charge in [-0.05, 0) is 55.3 Å². The molecule has 2 rings (SSSR count). The highest BCUT2D eigenvalue weighted by atomic mass is 35.5. The van der Waals surface area contributed by atoms with Crippen LogP contribution in [0.1, 0.15) is 31.9 Å². The van der Waals surface area contributed by atoms with E-state index in [0.29, 0.717) is 16.5 Å². The van der Waals surface area contributed by atoms with Gasteiger partial charge in [0.25, 0.3) is 0 Å². The summed E-state index contributed by atoms with van der Waals surface area (Å²) in [7, 11) is 3.20. The Morgan fingerprint density at radius 1 is 1.12 bits per heavy atom. The van der Waals surface area contributed by atoms with E-state index in [4.69, 9.17) is 21.1 Å². The molecule has 0 heterocycles. The van der Waals surface area contributed by atoms with Crippen LogP contribution in [0.2, 0.25) is 5.02 Å². The zero-order chi connectivity index (χ0) is 19.1. The van der Waals surface area contributed by atoms with Gasteiger partial charge in [-0.25, -0.2) is 0 Å². The van der Waals surface area contributed by atoms with Gasteiger partial charge >= 0.3 is 0 Å². The molecule has 1 N–H and O–H groups in total. The number of thioether (sulfide) groups is 1. The van der Waals surface area contributed by atoms with Gasteiger partial charge in [0.05, 0.1) is 25.5 Å². The van der Waals surface area contributed by atoms with Gasteiger partial charge in [0.1, 0.15) is 0 Å². The third kappa shape index (κ3) is 5.32. The number of hydrogen-bond acceptors (Lipinski definition) is 4. The van der Waals surface area contributed by atoms with Crippen molar-refractivity contribution in [2.24, 2.45) is 0 Å². The van der Waals surface area contributed by atoms with E-state index < -0.39 is 0 Å². The molecule has 0 radical (unpaired) electrons. The third-order valence-electron chi connectivity index (χ3n) is 4.02. The van der Waals surface area contributed by atoms with Crippen molar-refractivity contribution in [2.75, 3.05) is 14.2 Å². The predicted octanol–water partition coefficient (Wildman–Crippen LogP) is 5.11. The largest absolute Gasteiger partial charge is 0.493 e. The van der Waals surface area contributed by atoms with E-state index in [9.17, 15) is 4.79 Å². The Balaban J connectivity index is 2.05. The predicted molar refractivity (Wildman–Crippen MR) is 107 cm³/mol. The normalized spacial score (nSPS) is 13.0. The van der Waals surface area contributed by atoms with Crippen LogP contribution < -0.4 is 14.8 Å².